The predicted octanol–water partition coefficient (Wildman–Crippen LogP) is 2.28. The molecule has 1 aromatic carbocycles. The number of amides is 1. The van der Waals surface area contributed by atoms with Gasteiger partial charge in [0.25, 0.3) is 5.91 Å². The third-order valence-electron chi connectivity index (χ3n) is 3.81. The number of carboxylic acids is 1. The molecule has 1 aliphatic rings. The molecule has 0 bridgehead atoms. The number of carbonyl (C=O) groups excluding carboxylic acids is 1. The van der Waals surface area contributed by atoms with Crippen LogP contribution in [-0.4, -0.2) is 45.2 Å². The maximum Gasteiger partial charge on any atom is 0.308 e. The van der Waals surface area contributed by atoms with Crippen molar-refractivity contribution in [3.8, 4) is 11.3 Å². The van der Waals surface area contributed by atoms with Crippen LogP contribution in [0.1, 0.15) is 16.8 Å². The van der Waals surface area contributed by atoms with Crippen molar-refractivity contribution in [1.29, 1.82) is 0 Å². The van der Waals surface area contributed by atoms with E-state index in [1.807, 2.05) is 6.07 Å². The first kappa shape index (κ1) is 14.6. The van der Waals surface area contributed by atoms with Gasteiger partial charge in [-0.2, -0.15) is 5.10 Å². The van der Waals surface area contributed by atoms with Crippen molar-refractivity contribution < 1.29 is 14.7 Å². The Labute approximate surface area is 131 Å². The lowest BCUT2D eigenvalue weighted by Crippen LogP contribution is -2.30. The van der Waals surface area contributed by atoms with E-state index in [1.165, 1.54) is 6.20 Å². The smallest absolute Gasteiger partial charge is 0.308 e. The van der Waals surface area contributed by atoms with E-state index in [4.69, 9.17) is 16.7 Å². The lowest BCUT2D eigenvalue weighted by atomic mass is 10.1. The Morgan fingerprint density at radius 2 is 2.23 bits per heavy atom. The van der Waals surface area contributed by atoms with Crippen LogP contribution >= 0.6 is 11.6 Å². The number of aliphatic carboxylic acids is 1. The fraction of sp³-hybridized carbons (Fsp3) is 0.267. The minimum Gasteiger partial charge on any atom is -0.481 e. The zero-order chi connectivity index (χ0) is 15.7. The van der Waals surface area contributed by atoms with Crippen molar-refractivity contribution in [3.63, 3.8) is 0 Å². The predicted molar refractivity (Wildman–Crippen MR) is 80.7 cm³/mol. The van der Waals surface area contributed by atoms with Crippen LogP contribution in [0, 0.1) is 5.92 Å². The number of nitrogens with zero attached hydrogens (tertiary/aromatic N) is 2. The van der Waals surface area contributed by atoms with Gasteiger partial charge in [0.1, 0.15) is 0 Å². The van der Waals surface area contributed by atoms with Crippen molar-refractivity contribution in [2.24, 2.45) is 5.92 Å². The highest BCUT2D eigenvalue weighted by Crippen LogP contribution is 2.26. The Morgan fingerprint density at radius 3 is 2.91 bits per heavy atom. The maximum atomic E-state index is 12.6. The van der Waals surface area contributed by atoms with Gasteiger partial charge in [-0.15, -0.1) is 0 Å². The standard InChI is InChI=1S/C15H14ClN3O3/c16-11-3-1-2-9(6-11)13-12(7-17-18-13)14(20)19-5-4-10(8-19)15(21)22/h1-3,6-7,10H,4-5,8H2,(H,17,18)(H,21,22)/t10-/m0/s1. The van der Waals surface area contributed by atoms with E-state index in [9.17, 15) is 9.59 Å². The molecule has 7 heteroatoms. The number of hydrogen-bond donors (Lipinski definition) is 2. The van der Waals surface area contributed by atoms with Gasteiger partial charge in [0.2, 0.25) is 0 Å². The number of nitrogens with one attached hydrogen (secondary N) is 1. The van der Waals surface area contributed by atoms with Crippen molar-refractivity contribution in [1.82, 2.24) is 15.1 Å². The molecule has 22 heavy (non-hydrogen) atoms. The van der Waals surface area contributed by atoms with E-state index < -0.39 is 11.9 Å². The first-order valence-corrected chi connectivity index (χ1v) is 7.25. The summed E-state index contributed by atoms with van der Waals surface area (Å²) >= 11 is 5.98. The molecule has 1 fully saturated rings. The molecule has 114 valence electrons. The van der Waals surface area contributed by atoms with Gasteiger partial charge in [-0.25, -0.2) is 0 Å². The number of hydrogen-bond acceptors (Lipinski definition) is 3. The topological polar surface area (TPSA) is 86.3 Å². The molecule has 1 saturated heterocycles. The molecule has 2 aromatic rings. The van der Waals surface area contributed by atoms with Crippen molar-refractivity contribution in [2.75, 3.05) is 13.1 Å². The number of carbonyl (C=O) groups is 2. The molecular formula is C15H14ClN3O3. The molecule has 0 aliphatic carbocycles. The molecule has 1 atom stereocenters. The summed E-state index contributed by atoms with van der Waals surface area (Å²) in [6, 6.07) is 7.13. The van der Waals surface area contributed by atoms with Crippen LogP contribution in [-0.2, 0) is 4.79 Å². The average molecular weight is 320 g/mol. The van der Waals surface area contributed by atoms with Gasteiger partial charge in [-0.05, 0) is 18.6 Å². The van der Waals surface area contributed by atoms with Gasteiger partial charge in [-0.1, -0.05) is 23.7 Å². The van der Waals surface area contributed by atoms with Crippen LogP contribution in [0.3, 0.4) is 0 Å². The van der Waals surface area contributed by atoms with E-state index in [0.29, 0.717) is 29.2 Å². The molecule has 2 heterocycles. The first-order valence-electron chi connectivity index (χ1n) is 6.87. The number of aromatic nitrogens is 2. The molecular weight excluding hydrogens is 306 g/mol. The van der Waals surface area contributed by atoms with E-state index in [1.54, 1.807) is 23.1 Å². The number of H-pyrrole nitrogens is 1. The normalized spacial score (nSPS) is 17.7. The van der Waals surface area contributed by atoms with Crippen LogP contribution in [0.15, 0.2) is 30.5 Å². The molecule has 0 unspecified atom stereocenters. The fourth-order valence-corrected chi connectivity index (χ4v) is 2.82. The monoisotopic (exact) mass is 319 g/mol. The highest BCUT2D eigenvalue weighted by molar-refractivity contribution is 6.30. The van der Waals surface area contributed by atoms with Gasteiger partial charge in [0.15, 0.2) is 0 Å². The van der Waals surface area contributed by atoms with Gasteiger partial charge in [0.05, 0.1) is 23.4 Å². The average Bonchev–Trinajstić information content (AvgIpc) is 3.16. The second-order valence-electron chi connectivity index (χ2n) is 5.24. The van der Waals surface area contributed by atoms with Gasteiger partial charge in [0, 0.05) is 23.7 Å². The zero-order valence-corrected chi connectivity index (χ0v) is 12.4. The Balaban J connectivity index is 1.86. The summed E-state index contributed by atoms with van der Waals surface area (Å²) in [4.78, 5) is 25.2. The molecule has 0 radical (unpaired) electrons. The van der Waals surface area contributed by atoms with Crippen LogP contribution in [0.5, 0.6) is 0 Å². The minimum atomic E-state index is -0.863. The quantitative estimate of drug-likeness (QED) is 0.908. The van der Waals surface area contributed by atoms with Gasteiger partial charge < -0.3 is 10.0 Å². The number of carboxylic acid groups (broad SMARTS) is 1. The van der Waals surface area contributed by atoms with Crippen LogP contribution in [0.2, 0.25) is 5.02 Å². The summed E-state index contributed by atoms with van der Waals surface area (Å²) in [6.07, 6.45) is 1.94. The molecule has 1 aliphatic heterocycles. The van der Waals surface area contributed by atoms with E-state index in [0.717, 1.165) is 5.56 Å². The van der Waals surface area contributed by atoms with E-state index >= 15 is 0 Å². The minimum absolute atomic E-state index is 0.215. The van der Waals surface area contributed by atoms with Crippen LogP contribution in [0.25, 0.3) is 11.3 Å². The fourth-order valence-electron chi connectivity index (χ4n) is 2.63. The molecule has 1 aromatic heterocycles. The molecule has 6 nitrogen and oxygen atoms in total. The lowest BCUT2D eigenvalue weighted by Gasteiger charge is -2.15. The third kappa shape index (κ3) is 2.69. The van der Waals surface area contributed by atoms with Gasteiger partial charge in [-0.3, -0.25) is 14.7 Å². The van der Waals surface area contributed by atoms with Crippen molar-refractivity contribution in [3.05, 3.63) is 41.0 Å². The van der Waals surface area contributed by atoms with Crippen LogP contribution in [0.4, 0.5) is 0 Å². The van der Waals surface area contributed by atoms with E-state index in [-0.39, 0.29) is 12.5 Å². The maximum absolute atomic E-state index is 12.6. The summed E-state index contributed by atoms with van der Waals surface area (Å²) in [5.41, 5.74) is 1.78. The molecule has 0 spiro atoms. The number of benzene rings is 1. The molecule has 1 amide bonds. The summed E-state index contributed by atoms with van der Waals surface area (Å²) in [7, 11) is 0. The van der Waals surface area contributed by atoms with Crippen molar-refractivity contribution >= 4 is 23.5 Å². The number of likely N-dealkylation sites (tertiary alicyclic amines) is 1. The Hall–Kier alpha value is -2.34. The largest absolute Gasteiger partial charge is 0.481 e. The highest BCUT2D eigenvalue weighted by Gasteiger charge is 2.32. The Morgan fingerprint density at radius 1 is 1.41 bits per heavy atom. The highest BCUT2D eigenvalue weighted by atomic mass is 35.5. The summed E-state index contributed by atoms with van der Waals surface area (Å²) in [6.45, 7) is 0.671. The number of rotatable bonds is 3. The number of aromatic amines is 1. The molecule has 3 rings (SSSR count). The second kappa shape index (κ2) is 5.81. The SMILES string of the molecule is O=C(O)[C@H]1CCN(C(=O)c2cn[nH]c2-c2cccc(Cl)c2)C1. The lowest BCUT2D eigenvalue weighted by molar-refractivity contribution is -0.141. The summed E-state index contributed by atoms with van der Waals surface area (Å²) in [5, 5.41) is 16.4. The van der Waals surface area contributed by atoms with Crippen LogP contribution < -0.4 is 0 Å². The Kier molecular flexibility index (Phi) is 3.85. The Bertz CT molecular complexity index is 728. The summed E-state index contributed by atoms with van der Waals surface area (Å²) < 4.78 is 0. The first-order chi connectivity index (χ1) is 10.6. The van der Waals surface area contributed by atoms with Crippen molar-refractivity contribution in [2.45, 2.75) is 6.42 Å². The zero-order valence-electron chi connectivity index (χ0n) is 11.6. The third-order valence-corrected chi connectivity index (χ3v) is 4.04. The molecule has 0 saturated carbocycles. The van der Waals surface area contributed by atoms with E-state index in [2.05, 4.69) is 10.2 Å². The summed E-state index contributed by atoms with van der Waals surface area (Å²) in [5.74, 6) is -1.57. The second-order valence-corrected chi connectivity index (χ2v) is 5.68. The molecule has 2 N–H and O–H groups in total. The number of halogens is 1. The van der Waals surface area contributed by atoms with Gasteiger partial charge >= 0.3 is 5.97 Å².